The average molecular weight is 507 g/mol. The molecule has 1 atom stereocenters. The number of hydrogen-bond donors (Lipinski definition) is 0. The molecule has 0 aromatic rings. The second-order valence-electron chi connectivity index (χ2n) is 12.4. The van der Waals surface area contributed by atoms with Crippen LogP contribution in [0.4, 0.5) is 0 Å². The molecule has 0 aromatic heterocycles. The van der Waals surface area contributed by atoms with Crippen molar-refractivity contribution in [3.8, 4) is 0 Å². The molecule has 0 saturated heterocycles. The van der Waals surface area contributed by atoms with Gasteiger partial charge in [0.1, 0.15) is 0 Å². The Morgan fingerprint density at radius 3 is 0.667 bits per heavy atom. The highest BCUT2D eigenvalue weighted by Gasteiger charge is 2.07. The fraction of sp³-hybridized carbons (Fsp3) is 1.00. The second-order valence-corrected chi connectivity index (χ2v) is 12.4. The van der Waals surface area contributed by atoms with Crippen molar-refractivity contribution in [1.82, 2.24) is 0 Å². The maximum Gasteiger partial charge on any atom is -0.0414 e. The summed E-state index contributed by atoms with van der Waals surface area (Å²) in [6.07, 6.45) is 47.3. The van der Waals surface area contributed by atoms with E-state index in [1.165, 1.54) is 205 Å². The van der Waals surface area contributed by atoms with Crippen LogP contribution in [0.1, 0.15) is 226 Å². The summed E-state index contributed by atoms with van der Waals surface area (Å²) in [5.74, 6) is 1.03. The minimum Gasteiger partial charge on any atom is -0.0654 e. The average Bonchev–Trinajstić information content (AvgIpc) is 2.89. The van der Waals surface area contributed by atoms with E-state index in [0.717, 1.165) is 5.92 Å². The minimum absolute atomic E-state index is 1.03. The first-order valence-corrected chi connectivity index (χ1v) is 17.8. The molecule has 218 valence electrons. The van der Waals surface area contributed by atoms with Gasteiger partial charge in [-0.1, -0.05) is 226 Å². The molecule has 0 aliphatic carbocycles. The molecule has 0 spiro atoms. The predicted molar refractivity (Wildman–Crippen MR) is 168 cm³/mol. The van der Waals surface area contributed by atoms with Crippen LogP contribution in [0.25, 0.3) is 0 Å². The number of rotatable bonds is 32. The Labute approximate surface area is 232 Å². The summed E-state index contributed by atoms with van der Waals surface area (Å²) in [4.78, 5) is 0. The highest BCUT2D eigenvalue weighted by atomic mass is 14.1. The van der Waals surface area contributed by atoms with Crippen LogP contribution in [-0.2, 0) is 0 Å². The van der Waals surface area contributed by atoms with Gasteiger partial charge in [0, 0.05) is 0 Å². The molecular formula is C36H74. The zero-order valence-electron chi connectivity index (χ0n) is 26.2. The zero-order valence-corrected chi connectivity index (χ0v) is 26.2. The summed E-state index contributed by atoms with van der Waals surface area (Å²) in [7, 11) is 0. The van der Waals surface area contributed by atoms with Gasteiger partial charge >= 0.3 is 0 Å². The molecule has 0 aliphatic rings. The van der Waals surface area contributed by atoms with Gasteiger partial charge in [-0.05, 0) is 5.92 Å². The third kappa shape index (κ3) is 30.2. The van der Waals surface area contributed by atoms with Crippen LogP contribution in [0.15, 0.2) is 0 Å². The Bertz CT molecular complexity index is 359. The van der Waals surface area contributed by atoms with Gasteiger partial charge in [-0.3, -0.25) is 0 Å². The SMILES string of the molecule is CCCCCCCCCCCCCCCCCCC(CCC)CCCCCCCCCCCCCC. The monoisotopic (exact) mass is 507 g/mol. The third-order valence-electron chi connectivity index (χ3n) is 8.63. The third-order valence-corrected chi connectivity index (χ3v) is 8.63. The van der Waals surface area contributed by atoms with E-state index in [1.807, 2.05) is 0 Å². The minimum atomic E-state index is 1.03. The van der Waals surface area contributed by atoms with Gasteiger partial charge < -0.3 is 0 Å². The Morgan fingerprint density at radius 2 is 0.444 bits per heavy atom. The van der Waals surface area contributed by atoms with Gasteiger partial charge in [0.15, 0.2) is 0 Å². The lowest BCUT2D eigenvalue weighted by atomic mass is 9.90. The highest BCUT2D eigenvalue weighted by molar-refractivity contribution is 4.61. The van der Waals surface area contributed by atoms with Crippen LogP contribution in [0, 0.1) is 5.92 Å². The maximum atomic E-state index is 2.39. The first-order chi connectivity index (χ1) is 17.8. The van der Waals surface area contributed by atoms with Gasteiger partial charge in [-0.15, -0.1) is 0 Å². The van der Waals surface area contributed by atoms with Crippen molar-refractivity contribution in [1.29, 1.82) is 0 Å². The van der Waals surface area contributed by atoms with Crippen molar-refractivity contribution in [3.05, 3.63) is 0 Å². The van der Waals surface area contributed by atoms with E-state index < -0.39 is 0 Å². The van der Waals surface area contributed by atoms with Crippen LogP contribution < -0.4 is 0 Å². The Hall–Kier alpha value is 0. The summed E-state index contributed by atoms with van der Waals surface area (Å²) in [5, 5.41) is 0. The quantitative estimate of drug-likeness (QED) is 0.0795. The zero-order chi connectivity index (χ0) is 26.2. The van der Waals surface area contributed by atoms with E-state index in [0.29, 0.717) is 0 Å². The molecule has 0 saturated carbocycles. The lowest BCUT2D eigenvalue weighted by molar-refractivity contribution is 0.376. The van der Waals surface area contributed by atoms with Gasteiger partial charge in [0.25, 0.3) is 0 Å². The van der Waals surface area contributed by atoms with Crippen molar-refractivity contribution in [2.45, 2.75) is 226 Å². The maximum absolute atomic E-state index is 2.39. The van der Waals surface area contributed by atoms with E-state index in [4.69, 9.17) is 0 Å². The summed E-state index contributed by atoms with van der Waals surface area (Å²) >= 11 is 0. The topological polar surface area (TPSA) is 0 Å². The lowest BCUT2D eigenvalue weighted by Gasteiger charge is -2.16. The lowest BCUT2D eigenvalue weighted by Crippen LogP contribution is -2.00. The van der Waals surface area contributed by atoms with E-state index in [9.17, 15) is 0 Å². The molecule has 0 N–H and O–H groups in total. The molecule has 0 heterocycles. The molecule has 36 heavy (non-hydrogen) atoms. The molecule has 0 amide bonds. The van der Waals surface area contributed by atoms with Crippen LogP contribution in [0.2, 0.25) is 0 Å². The summed E-state index contributed by atoms with van der Waals surface area (Å²) < 4.78 is 0. The molecule has 0 heteroatoms. The first kappa shape index (κ1) is 36.0. The summed E-state index contributed by atoms with van der Waals surface area (Å²) in [5.41, 5.74) is 0. The van der Waals surface area contributed by atoms with E-state index in [1.54, 1.807) is 0 Å². The molecular weight excluding hydrogens is 432 g/mol. The van der Waals surface area contributed by atoms with Gasteiger partial charge in [0.2, 0.25) is 0 Å². The van der Waals surface area contributed by atoms with Crippen LogP contribution in [0.5, 0.6) is 0 Å². The molecule has 0 radical (unpaired) electrons. The molecule has 0 rings (SSSR count). The first-order valence-electron chi connectivity index (χ1n) is 17.8. The largest absolute Gasteiger partial charge is 0.0654 e. The Balaban J connectivity index is 3.36. The second kappa shape index (κ2) is 33.0. The fourth-order valence-corrected chi connectivity index (χ4v) is 6.10. The summed E-state index contributed by atoms with van der Waals surface area (Å²) in [6.45, 7) is 7.01. The van der Waals surface area contributed by atoms with Gasteiger partial charge in [-0.2, -0.15) is 0 Å². The molecule has 0 nitrogen and oxygen atoms in total. The molecule has 0 bridgehead atoms. The molecule has 0 fully saturated rings. The van der Waals surface area contributed by atoms with Crippen LogP contribution in [0.3, 0.4) is 0 Å². The molecule has 0 aromatic carbocycles. The van der Waals surface area contributed by atoms with E-state index in [2.05, 4.69) is 20.8 Å². The highest BCUT2D eigenvalue weighted by Crippen LogP contribution is 2.23. The van der Waals surface area contributed by atoms with Gasteiger partial charge in [0.05, 0.1) is 0 Å². The van der Waals surface area contributed by atoms with Crippen LogP contribution >= 0.6 is 0 Å². The van der Waals surface area contributed by atoms with Crippen molar-refractivity contribution in [2.24, 2.45) is 5.92 Å². The predicted octanol–water partition coefficient (Wildman–Crippen LogP) is 14.1. The van der Waals surface area contributed by atoms with Gasteiger partial charge in [-0.25, -0.2) is 0 Å². The smallest absolute Gasteiger partial charge is 0.0414 e. The van der Waals surface area contributed by atoms with Crippen LogP contribution in [-0.4, -0.2) is 0 Å². The number of unbranched alkanes of at least 4 members (excludes halogenated alkanes) is 26. The molecule has 0 aliphatic heterocycles. The standard InChI is InChI=1S/C36H74/c1-4-7-9-11-13-15-17-19-20-21-22-24-26-28-30-32-35-36(33-6-3)34-31-29-27-25-23-18-16-14-12-10-8-5-2/h36H,4-35H2,1-3H3. The van der Waals surface area contributed by atoms with Crippen molar-refractivity contribution >= 4 is 0 Å². The van der Waals surface area contributed by atoms with E-state index in [-0.39, 0.29) is 0 Å². The normalized spacial score (nSPS) is 12.4. The number of hydrogen-bond acceptors (Lipinski definition) is 0. The summed E-state index contributed by atoms with van der Waals surface area (Å²) in [6, 6.07) is 0. The van der Waals surface area contributed by atoms with Crippen molar-refractivity contribution < 1.29 is 0 Å². The molecule has 1 unspecified atom stereocenters. The fourth-order valence-electron chi connectivity index (χ4n) is 6.10. The Kier molecular flexibility index (Phi) is 33.0. The Morgan fingerprint density at radius 1 is 0.222 bits per heavy atom. The van der Waals surface area contributed by atoms with Crippen molar-refractivity contribution in [2.75, 3.05) is 0 Å². The van der Waals surface area contributed by atoms with Crippen molar-refractivity contribution in [3.63, 3.8) is 0 Å². The van der Waals surface area contributed by atoms with E-state index >= 15 is 0 Å².